The van der Waals surface area contributed by atoms with Crippen molar-refractivity contribution in [2.75, 3.05) is 0 Å². The number of aromatic nitrogens is 4. The summed E-state index contributed by atoms with van der Waals surface area (Å²) in [6.07, 6.45) is 0. The molecule has 266 valence electrons. The first-order valence-electron chi connectivity index (χ1n) is 19.0. The van der Waals surface area contributed by atoms with Gasteiger partial charge in [-0.05, 0) is 59.7 Å². The van der Waals surface area contributed by atoms with Crippen LogP contribution in [0.4, 0.5) is 0 Å². The molecular weight excluding hydrogens is 717 g/mol. The van der Waals surface area contributed by atoms with Gasteiger partial charge in [-0.2, -0.15) is 0 Å². The molecule has 4 heterocycles. The minimum absolute atomic E-state index is 0.645. The van der Waals surface area contributed by atoms with Crippen molar-refractivity contribution in [1.82, 2.24) is 19.5 Å². The van der Waals surface area contributed by atoms with E-state index in [0.717, 1.165) is 60.8 Å². The van der Waals surface area contributed by atoms with Gasteiger partial charge in [-0.3, -0.25) is 0 Å². The number of benzene rings is 8. The Morgan fingerprint density at radius 3 is 1.61 bits per heavy atom. The second-order valence-electron chi connectivity index (χ2n) is 14.3. The molecule has 12 aromatic rings. The van der Waals surface area contributed by atoms with E-state index in [4.69, 9.17) is 19.4 Å². The van der Waals surface area contributed by atoms with E-state index in [9.17, 15) is 0 Å². The number of rotatable bonds is 5. The fourth-order valence-corrected chi connectivity index (χ4v) is 9.72. The van der Waals surface area contributed by atoms with Gasteiger partial charge in [0.15, 0.2) is 17.5 Å². The number of thiophene rings is 1. The van der Waals surface area contributed by atoms with Gasteiger partial charge in [0.25, 0.3) is 0 Å². The van der Waals surface area contributed by atoms with Gasteiger partial charge in [0, 0.05) is 53.0 Å². The summed E-state index contributed by atoms with van der Waals surface area (Å²) in [6, 6.07) is 63.7. The molecule has 0 bridgehead atoms. The van der Waals surface area contributed by atoms with E-state index in [2.05, 4.69) is 126 Å². The molecular formula is C51H30N4OS. The van der Waals surface area contributed by atoms with Crippen molar-refractivity contribution in [3.8, 4) is 51.0 Å². The Labute approximate surface area is 330 Å². The lowest BCUT2D eigenvalue weighted by Gasteiger charge is -2.11. The first kappa shape index (κ1) is 31.9. The summed E-state index contributed by atoms with van der Waals surface area (Å²) in [5.74, 6) is 1.94. The number of hydrogen-bond acceptors (Lipinski definition) is 5. The second kappa shape index (κ2) is 12.6. The highest BCUT2D eigenvalue weighted by atomic mass is 32.1. The average Bonchev–Trinajstić information content (AvgIpc) is 3.96. The molecule has 0 aliphatic heterocycles. The smallest absolute Gasteiger partial charge is 0.164 e. The van der Waals surface area contributed by atoms with E-state index < -0.39 is 0 Å². The number of fused-ring (bicyclic) bond motifs is 9. The van der Waals surface area contributed by atoms with Crippen LogP contribution in [0.15, 0.2) is 186 Å². The molecule has 6 heteroatoms. The Bertz CT molecular complexity index is 3420. The molecule has 0 unspecified atom stereocenters. The third kappa shape index (κ3) is 4.98. The molecule has 0 saturated carbocycles. The van der Waals surface area contributed by atoms with Gasteiger partial charge in [0.1, 0.15) is 11.2 Å². The highest BCUT2D eigenvalue weighted by molar-refractivity contribution is 7.26. The van der Waals surface area contributed by atoms with Gasteiger partial charge >= 0.3 is 0 Å². The van der Waals surface area contributed by atoms with Gasteiger partial charge in [-0.25, -0.2) is 15.0 Å². The number of para-hydroxylation sites is 2. The van der Waals surface area contributed by atoms with Gasteiger partial charge in [-0.15, -0.1) is 11.3 Å². The topological polar surface area (TPSA) is 56.7 Å². The third-order valence-corrected chi connectivity index (χ3v) is 12.2. The number of nitrogens with zero attached hydrogens (tertiary/aromatic N) is 4. The highest BCUT2D eigenvalue weighted by Gasteiger charge is 2.21. The van der Waals surface area contributed by atoms with Crippen LogP contribution in [-0.4, -0.2) is 19.5 Å². The van der Waals surface area contributed by atoms with E-state index in [-0.39, 0.29) is 0 Å². The monoisotopic (exact) mass is 746 g/mol. The molecule has 4 aromatic heterocycles. The summed E-state index contributed by atoms with van der Waals surface area (Å²) in [5, 5.41) is 6.97. The summed E-state index contributed by atoms with van der Waals surface area (Å²) in [6.45, 7) is 0. The molecule has 57 heavy (non-hydrogen) atoms. The van der Waals surface area contributed by atoms with Crippen LogP contribution < -0.4 is 0 Å². The Morgan fingerprint density at radius 2 is 0.947 bits per heavy atom. The van der Waals surface area contributed by atoms with E-state index >= 15 is 0 Å². The quantitative estimate of drug-likeness (QED) is 0.176. The molecule has 0 radical (unpaired) electrons. The zero-order valence-corrected chi connectivity index (χ0v) is 31.2. The summed E-state index contributed by atoms with van der Waals surface area (Å²) in [7, 11) is 0. The SMILES string of the molecule is c1ccc(-c2nc(-c3ccccc3)nc(-c3cccc4sc5cccc(-c6ccc7c(c6)oc6cccc(-n8c9ccccc9c9ccccc98)c67)c5c34)n2)cc1. The van der Waals surface area contributed by atoms with Crippen LogP contribution in [0.25, 0.3) is 115 Å². The molecule has 0 amide bonds. The fourth-order valence-electron chi connectivity index (χ4n) is 8.57. The van der Waals surface area contributed by atoms with Crippen LogP contribution in [0.5, 0.6) is 0 Å². The van der Waals surface area contributed by atoms with Crippen LogP contribution in [0.2, 0.25) is 0 Å². The first-order chi connectivity index (χ1) is 28.3. The third-order valence-electron chi connectivity index (χ3n) is 11.1. The Kier molecular flexibility index (Phi) is 7.03. The van der Waals surface area contributed by atoms with Gasteiger partial charge in [-0.1, -0.05) is 133 Å². The standard InChI is InChI=1S/C51H30N4OS/c1-3-14-31(15-4-1)49-52-50(32-16-5-2-6-17-32)54-51(53-49)38-21-12-27-45-48(38)47-34(20-11-26-44(47)57-45)33-28-29-37-43(30-33)56-42-25-13-24-41(46(37)42)55-39-22-9-7-18-35(39)36-19-8-10-23-40(36)55/h1-30H. The van der Waals surface area contributed by atoms with E-state index in [1.807, 2.05) is 60.7 Å². The lowest BCUT2D eigenvalue weighted by molar-refractivity contribution is 0.669. The zero-order chi connectivity index (χ0) is 37.5. The molecule has 0 aliphatic carbocycles. The zero-order valence-electron chi connectivity index (χ0n) is 30.4. The lowest BCUT2D eigenvalue weighted by Crippen LogP contribution is -2.00. The second-order valence-corrected chi connectivity index (χ2v) is 15.4. The molecule has 0 N–H and O–H groups in total. The van der Waals surface area contributed by atoms with Crippen molar-refractivity contribution in [3.63, 3.8) is 0 Å². The predicted molar refractivity (Wildman–Crippen MR) is 236 cm³/mol. The van der Waals surface area contributed by atoms with Crippen molar-refractivity contribution >= 4 is 75.3 Å². The summed E-state index contributed by atoms with van der Waals surface area (Å²) in [5.41, 5.74) is 10.3. The maximum Gasteiger partial charge on any atom is 0.164 e. The minimum Gasteiger partial charge on any atom is -0.456 e. The largest absolute Gasteiger partial charge is 0.456 e. The van der Waals surface area contributed by atoms with Crippen LogP contribution in [0, 0.1) is 0 Å². The van der Waals surface area contributed by atoms with E-state index in [0.29, 0.717) is 17.5 Å². The van der Waals surface area contributed by atoms with E-state index in [1.165, 1.54) is 36.6 Å². The maximum atomic E-state index is 6.72. The van der Waals surface area contributed by atoms with E-state index in [1.54, 1.807) is 11.3 Å². The van der Waals surface area contributed by atoms with Crippen LogP contribution in [0.3, 0.4) is 0 Å². The van der Waals surface area contributed by atoms with Gasteiger partial charge in [0.05, 0.1) is 22.1 Å². The van der Waals surface area contributed by atoms with Crippen molar-refractivity contribution in [2.24, 2.45) is 0 Å². The van der Waals surface area contributed by atoms with Gasteiger partial charge < -0.3 is 8.98 Å². The highest BCUT2D eigenvalue weighted by Crippen LogP contribution is 2.45. The Balaban J connectivity index is 1.06. The molecule has 12 rings (SSSR count). The van der Waals surface area contributed by atoms with Crippen molar-refractivity contribution < 1.29 is 4.42 Å². The van der Waals surface area contributed by atoms with Gasteiger partial charge in [0.2, 0.25) is 0 Å². The predicted octanol–water partition coefficient (Wildman–Crippen LogP) is 13.9. The fraction of sp³-hybridized carbons (Fsp3) is 0. The van der Waals surface area contributed by atoms with Crippen molar-refractivity contribution in [1.29, 1.82) is 0 Å². The van der Waals surface area contributed by atoms with Crippen LogP contribution >= 0.6 is 11.3 Å². The molecule has 0 saturated heterocycles. The Hall–Kier alpha value is -7.41. The van der Waals surface area contributed by atoms with Crippen LogP contribution in [-0.2, 0) is 0 Å². The lowest BCUT2D eigenvalue weighted by atomic mass is 9.96. The molecule has 0 fully saturated rings. The summed E-state index contributed by atoms with van der Waals surface area (Å²) < 4.78 is 11.5. The van der Waals surface area contributed by atoms with Crippen molar-refractivity contribution in [3.05, 3.63) is 182 Å². The minimum atomic E-state index is 0.645. The molecule has 0 spiro atoms. The molecule has 0 atom stereocenters. The summed E-state index contributed by atoms with van der Waals surface area (Å²) >= 11 is 1.79. The number of furan rings is 1. The number of hydrogen-bond donors (Lipinski definition) is 0. The average molecular weight is 747 g/mol. The first-order valence-corrected chi connectivity index (χ1v) is 19.8. The molecule has 8 aromatic carbocycles. The van der Waals surface area contributed by atoms with Crippen LogP contribution in [0.1, 0.15) is 0 Å². The Morgan fingerprint density at radius 1 is 0.386 bits per heavy atom. The van der Waals surface area contributed by atoms with Crippen molar-refractivity contribution in [2.45, 2.75) is 0 Å². The maximum absolute atomic E-state index is 6.72. The normalized spacial score (nSPS) is 11.9. The molecule has 5 nitrogen and oxygen atoms in total. The molecule has 0 aliphatic rings. The summed E-state index contributed by atoms with van der Waals surface area (Å²) in [4.78, 5) is 15.2.